The minimum Gasteiger partial charge on any atom is -0.493 e. The molecular weight excluding hydrogens is 296 g/mol. The lowest BCUT2D eigenvalue weighted by Crippen LogP contribution is -2.02. The van der Waals surface area contributed by atoms with Gasteiger partial charge in [-0.1, -0.05) is 18.1 Å². The molecule has 0 atom stereocenters. The molecule has 2 aromatic carbocycles. The number of nitro groups is 1. The van der Waals surface area contributed by atoms with Crippen molar-refractivity contribution < 1.29 is 14.4 Å². The van der Waals surface area contributed by atoms with E-state index in [2.05, 4.69) is 11.2 Å². The molecule has 0 saturated heterocycles. The largest absolute Gasteiger partial charge is 0.493 e. The highest BCUT2D eigenvalue weighted by atomic mass is 16.6. The van der Waals surface area contributed by atoms with Crippen LogP contribution in [-0.2, 0) is 6.54 Å². The van der Waals surface area contributed by atoms with Crippen LogP contribution >= 0.6 is 0 Å². The average Bonchev–Trinajstić information content (AvgIpc) is 2.58. The van der Waals surface area contributed by atoms with Crippen molar-refractivity contribution in [1.29, 1.82) is 0 Å². The number of nitrogens with zero attached hydrogens (tertiary/aromatic N) is 1. The Bertz CT molecular complexity index is 738. The summed E-state index contributed by atoms with van der Waals surface area (Å²) < 4.78 is 10.7. The van der Waals surface area contributed by atoms with Crippen LogP contribution in [0.3, 0.4) is 0 Å². The van der Waals surface area contributed by atoms with Gasteiger partial charge < -0.3 is 14.8 Å². The maximum absolute atomic E-state index is 10.8. The molecule has 118 valence electrons. The number of nitrogens with one attached hydrogen (secondary N) is 1. The molecule has 0 aliphatic rings. The number of non-ortho nitro benzene ring substituents is 1. The number of benzene rings is 2. The lowest BCUT2D eigenvalue weighted by atomic mass is 10.2. The van der Waals surface area contributed by atoms with Crippen molar-refractivity contribution in [2.45, 2.75) is 6.54 Å². The summed E-state index contributed by atoms with van der Waals surface area (Å²) in [5.41, 5.74) is 1.66. The van der Waals surface area contributed by atoms with Gasteiger partial charge in [0.05, 0.1) is 12.0 Å². The molecule has 0 fully saturated rings. The Morgan fingerprint density at radius 3 is 2.78 bits per heavy atom. The Balaban J connectivity index is 2.07. The molecule has 2 rings (SSSR count). The molecule has 0 radical (unpaired) electrons. The van der Waals surface area contributed by atoms with E-state index in [1.54, 1.807) is 25.3 Å². The minimum atomic E-state index is -0.425. The van der Waals surface area contributed by atoms with Crippen LogP contribution in [0.4, 0.5) is 11.4 Å². The van der Waals surface area contributed by atoms with Gasteiger partial charge in [-0.25, -0.2) is 0 Å². The highest BCUT2D eigenvalue weighted by Gasteiger charge is 2.07. The predicted molar refractivity (Wildman–Crippen MR) is 87.7 cm³/mol. The maximum atomic E-state index is 10.8. The Labute approximate surface area is 134 Å². The van der Waals surface area contributed by atoms with E-state index in [0.29, 0.717) is 23.7 Å². The molecule has 0 unspecified atom stereocenters. The second-order valence-corrected chi connectivity index (χ2v) is 4.64. The maximum Gasteiger partial charge on any atom is 0.271 e. The normalized spacial score (nSPS) is 9.74. The molecule has 0 heterocycles. The van der Waals surface area contributed by atoms with Crippen LogP contribution in [-0.4, -0.2) is 18.6 Å². The predicted octanol–water partition coefficient (Wildman–Crippen LogP) is 3.23. The van der Waals surface area contributed by atoms with Crippen LogP contribution in [0.5, 0.6) is 11.5 Å². The van der Waals surface area contributed by atoms with Gasteiger partial charge in [-0.2, -0.15) is 0 Å². The summed E-state index contributed by atoms with van der Waals surface area (Å²) in [6.07, 6.45) is 5.17. The first kappa shape index (κ1) is 16.2. The van der Waals surface area contributed by atoms with Crippen molar-refractivity contribution in [1.82, 2.24) is 0 Å². The topological polar surface area (TPSA) is 73.6 Å². The number of hydrogen-bond acceptors (Lipinski definition) is 5. The molecule has 0 aromatic heterocycles. The van der Waals surface area contributed by atoms with Crippen LogP contribution in [0.25, 0.3) is 0 Å². The highest BCUT2D eigenvalue weighted by molar-refractivity contribution is 5.52. The van der Waals surface area contributed by atoms with Gasteiger partial charge in [0.2, 0.25) is 0 Å². The monoisotopic (exact) mass is 312 g/mol. The van der Waals surface area contributed by atoms with Crippen LogP contribution in [0.1, 0.15) is 5.56 Å². The molecule has 0 amide bonds. The van der Waals surface area contributed by atoms with Crippen molar-refractivity contribution in [2.75, 3.05) is 19.0 Å². The summed E-state index contributed by atoms with van der Waals surface area (Å²) in [6.45, 7) is 0.661. The van der Waals surface area contributed by atoms with Gasteiger partial charge in [0.15, 0.2) is 11.5 Å². The molecule has 23 heavy (non-hydrogen) atoms. The summed E-state index contributed by atoms with van der Waals surface area (Å²) in [5.74, 6) is 3.55. The van der Waals surface area contributed by atoms with Gasteiger partial charge in [0.25, 0.3) is 5.69 Å². The Hall–Kier alpha value is -3.20. The molecule has 0 aliphatic heterocycles. The van der Waals surface area contributed by atoms with E-state index in [4.69, 9.17) is 15.9 Å². The van der Waals surface area contributed by atoms with Gasteiger partial charge in [-0.05, 0) is 23.8 Å². The van der Waals surface area contributed by atoms with E-state index >= 15 is 0 Å². The number of terminal acetylenes is 1. The number of hydrogen-bond donors (Lipinski definition) is 1. The first-order valence-electron chi connectivity index (χ1n) is 6.85. The van der Waals surface area contributed by atoms with Gasteiger partial charge >= 0.3 is 0 Å². The van der Waals surface area contributed by atoms with E-state index in [1.807, 2.05) is 12.1 Å². The third-order valence-electron chi connectivity index (χ3n) is 3.09. The van der Waals surface area contributed by atoms with Crippen LogP contribution in [0.2, 0.25) is 0 Å². The van der Waals surface area contributed by atoms with Crippen LogP contribution in [0, 0.1) is 22.5 Å². The van der Waals surface area contributed by atoms with Crippen molar-refractivity contribution in [3.63, 3.8) is 0 Å². The molecule has 6 heteroatoms. The summed E-state index contributed by atoms with van der Waals surface area (Å²) in [7, 11) is 1.55. The summed E-state index contributed by atoms with van der Waals surface area (Å²) in [4.78, 5) is 10.3. The summed E-state index contributed by atoms with van der Waals surface area (Å²) in [6, 6.07) is 11.8. The van der Waals surface area contributed by atoms with E-state index in [0.717, 1.165) is 5.56 Å². The van der Waals surface area contributed by atoms with Gasteiger partial charge in [0, 0.05) is 24.4 Å². The zero-order chi connectivity index (χ0) is 16.7. The zero-order valence-corrected chi connectivity index (χ0v) is 12.6. The van der Waals surface area contributed by atoms with Crippen LogP contribution in [0.15, 0.2) is 42.5 Å². The third kappa shape index (κ3) is 4.38. The lowest BCUT2D eigenvalue weighted by molar-refractivity contribution is -0.384. The fraction of sp³-hybridized carbons (Fsp3) is 0.176. The summed E-state index contributed by atoms with van der Waals surface area (Å²) in [5, 5.41) is 13.9. The van der Waals surface area contributed by atoms with Crippen LogP contribution < -0.4 is 14.8 Å². The Morgan fingerprint density at radius 1 is 1.26 bits per heavy atom. The van der Waals surface area contributed by atoms with Crippen molar-refractivity contribution in [2.24, 2.45) is 0 Å². The lowest BCUT2D eigenvalue weighted by Gasteiger charge is -2.11. The molecule has 1 N–H and O–H groups in total. The third-order valence-corrected chi connectivity index (χ3v) is 3.09. The molecule has 0 aliphatic carbocycles. The van der Waals surface area contributed by atoms with Gasteiger partial charge in [0.1, 0.15) is 6.61 Å². The summed E-state index contributed by atoms with van der Waals surface area (Å²) >= 11 is 0. The number of rotatable bonds is 7. The quantitative estimate of drug-likeness (QED) is 0.483. The van der Waals surface area contributed by atoms with E-state index in [9.17, 15) is 10.1 Å². The molecule has 0 spiro atoms. The molecular formula is C17H16N2O4. The van der Waals surface area contributed by atoms with Gasteiger partial charge in [-0.15, -0.1) is 6.42 Å². The average molecular weight is 312 g/mol. The fourth-order valence-electron chi connectivity index (χ4n) is 1.99. The number of nitro benzene ring substituents is 1. The standard InChI is InChI=1S/C17H16N2O4/c1-3-9-23-16-8-7-13(10-17(16)22-2)12-18-14-5-4-6-15(11-14)19(20)21/h1,4-8,10-11,18H,9,12H2,2H3. The second-order valence-electron chi connectivity index (χ2n) is 4.64. The Morgan fingerprint density at radius 2 is 2.09 bits per heavy atom. The molecule has 2 aromatic rings. The number of ether oxygens (including phenoxy) is 2. The van der Waals surface area contributed by atoms with E-state index in [1.165, 1.54) is 12.1 Å². The second kappa shape index (κ2) is 7.71. The fourth-order valence-corrected chi connectivity index (χ4v) is 1.99. The molecule has 6 nitrogen and oxygen atoms in total. The van der Waals surface area contributed by atoms with Crippen molar-refractivity contribution in [3.8, 4) is 23.8 Å². The zero-order valence-electron chi connectivity index (χ0n) is 12.6. The number of anilines is 1. The first-order chi connectivity index (χ1) is 11.1. The minimum absolute atomic E-state index is 0.0469. The molecule has 0 saturated carbocycles. The van der Waals surface area contributed by atoms with E-state index < -0.39 is 4.92 Å². The van der Waals surface area contributed by atoms with E-state index in [-0.39, 0.29) is 12.3 Å². The highest BCUT2D eigenvalue weighted by Crippen LogP contribution is 2.28. The van der Waals surface area contributed by atoms with Crippen molar-refractivity contribution >= 4 is 11.4 Å². The molecule has 0 bridgehead atoms. The SMILES string of the molecule is C#CCOc1ccc(CNc2cccc([N+](=O)[O-])c2)cc1OC. The Kier molecular flexibility index (Phi) is 5.42. The first-order valence-corrected chi connectivity index (χ1v) is 6.85. The number of methoxy groups -OCH3 is 1. The smallest absolute Gasteiger partial charge is 0.271 e. The van der Waals surface area contributed by atoms with Gasteiger partial charge in [-0.3, -0.25) is 10.1 Å². The van der Waals surface area contributed by atoms with Crippen molar-refractivity contribution in [3.05, 3.63) is 58.1 Å².